The van der Waals surface area contributed by atoms with E-state index in [1.54, 1.807) is 6.07 Å². The van der Waals surface area contributed by atoms with E-state index < -0.39 is 11.8 Å². The maximum atomic E-state index is 14.0. The molecule has 1 aromatic heterocycles. The number of aromatic nitrogens is 2. The highest BCUT2D eigenvalue weighted by Gasteiger charge is 2.15. The fraction of sp³-hybridized carbons (Fsp3) is 0.375. The van der Waals surface area contributed by atoms with Gasteiger partial charge >= 0.3 is 5.97 Å². The summed E-state index contributed by atoms with van der Waals surface area (Å²) in [5.74, 6) is -1.53. The molecule has 0 aliphatic rings. The minimum atomic E-state index is -1.04. The Labute approximate surface area is 123 Å². The molecule has 21 heavy (non-hydrogen) atoms. The van der Waals surface area contributed by atoms with E-state index in [-0.39, 0.29) is 12.0 Å². The van der Waals surface area contributed by atoms with E-state index in [0.717, 1.165) is 35.5 Å². The van der Waals surface area contributed by atoms with Gasteiger partial charge in [-0.1, -0.05) is 19.1 Å². The smallest absolute Gasteiger partial charge is 0.307 e. The van der Waals surface area contributed by atoms with Crippen molar-refractivity contribution in [3.8, 4) is 11.1 Å². The summed E-state index contributed by atoms with van der Waals surface area (Å²) < 4.78 is 15.9. The molecule has 4 nitrogen and oxygen atoms in total. The second-order valence-corrected chi connectivity index (χ2v) is 5.15. The van der Waals surface area contributed by atoms with Crippen molar-refractivity contribution in [3.63, 3.8) is 0 Å². The van der Waals surface area contributed by atoms with Crippen molar-refractivity contribution < 1.29 is 14.3 Å². The minimum Gasteiger partial charge on any atom is -0.481 e. The normalized spacial score (nSPS) is 10.9. The van der Waals surface area contributed by atoms with Gasteiger partial charge in [0.1, 0.15) is 5.82 Å². The predicted octanol–water partition coefficient (Wildman–Crippen LogP) is 3.34. The molecule has 0 radical (unpaired) electrons. The van der Waals surface area contributed by atoms with Crippen molar-refractivity contribution in [2.75, 3.05) is 0 Å². The van der Waals surface area contributed by atoms with Gasteiger partial charge in [-0.25, -0.2) is 4.39 Å². The molecule has 1 aromatic carbocycles. The third-order valence-corrected chi connectivity index (χ3v) is 3.50. The molecule has 0 fully saturated rings. The lowest BCUT2D eigenvalue weighted by Crippen LogP contribution is -2.03. The van der Waals surface area contributed by atoms with E-state index in [1.807, 2.05) is 18.5 Å². The van der Waals surface area contributed by atoms with Crippen molar-refractivity contribution in [2.45, 2.75) is 40.2 Å². The van der Waals surface area contributed by atoms with Gasteiger partial charge in [-0.05, 0) is 37.5 Å². The van der Waals surface area contributed by atoms with E-state index in [1.165, 1.54) is 12.1 Å². The lowest BCUT2D eigenvalue weighted by Gasteiger charge is -2.06. The Balaban J connectivity index is 2.43. The van der Waals surface area contributed by atoms with Crippen LogP contribution in [0.15, 0.2) is 18.2 Å². The average molecular weight is 290 g/mol. The molecule has 112 valence electrons. The number of halogens is 1. The summed E-state index contributed by atoms with van der Waals surface area (Å²) in [6.07, 6.45) is 0.673. The number of hydrogen-bond acceptors (Lipinski definition) is 2. The molecule has 0 aliphatic heterocycles. The van der Waals surface area contributed by atoms with Crippen molar-refractivity contribution in [1.29, 1.82) is 0 Å². The maximum absolute atomic E-state index is 14.0. The zero-order chi connectivity index (χ0) is 15.6. The van der Waals surface area contributed by atoms with Gasteiger partial charge < -0.3 is 5.11 Å². The molecule has 0 aliphatic carbocycles. The number of carboxylic acids is 1. The van der Waals surface area contributed by atoms with Crippen molar-refractivity contribution >= 4 is 5.97 Å². The molecule has 0 bridgehead atoms. The zero-order valence-corrected chi connectivity index (χ0v) is 12.5. The molecule has 0 saturated carbocycles. The predicted molar refractivity (Wildman–Crippen MR) is 78.7 cm³/mol. The van der Waals surface area contributed by atoms with Gasteiger partial charge in [0, 0.05) is 17.8 Å². The summed E-state index contributed by atoms with van der Waals surface area (Å²) in [5, 5.41) is 13.2. The third kappa shape index (κ3) is 3.12. The Bertz CT molecular complexity index is 677. The first-order valence-electron chi connectivity index (χ1n) is 6.98. The van der Waals surface area contributed by atoms with Crippen molar-refractivity contribution in [1.82, 2.24) is 9.78 Å². The van der Waals surface area contributed by atoms with E-state index in [2.05, 4.69) is 12.0 Å². The largest absolute Gasteiger partial charge is 0.481 e. The van der Waals surface area contributed by atoms with Crippen LogP contribution in [0.1, 0.15) is 30.3 Å². The van der Waals surface area contributed by atoms with Gasteiger partial charge in [0.15, 0.2) is 0 Å². The van der Waals surface area contributed by atoms with E-state index in [4.69, 9.17) is 5.11 Å². The van der Waals surface area contributed by atoms with Crippen molar-refractivity contribution in [3.05, 3.63) is 41.0 Å². The standard InChI is InChI=1S/C16H19FN2O2/c1-4-7-19-11(3)16(10(2)18-19)13-6-5-12(9-15(20)21)14(17)8-13/h5-6,8H,4,7,9H2,1-3H3,(H,20,21). The number of aryl methyl sites for hydroxylation is 2. The van der Waals surface area contributed by atoms with Gasteiger partial charge in [0.2, 0.25) is 0 Å². The first-order valence-corrected chi connectivity index (χ1v) is 6.98. The minimum absolute atomic E-state index is 0.197. The monoisotopic (exact) mass is 290 g/mol. The Morgan fingerprint density at radius 2 is 2.10 bits per heavy atom. The zero-order valence-electron chi connectivity index (χ0n) is 12.5. The molecular formula is C16H19FN2O2. The van der Waals surface area contributed by atoms with Crippen LogP contribution in [0.3, 0.4) is 0 Å². The number of aliphatic carboxylic acids is 1. The van der Waals surface area contributed by atoms with Crippen LogP contribution in [0.2, 0.25) is 0 Å². The van der Waals surface area contributed by atoms with Gasteiger partial charge in [0.05, 0.1) is 12.1 Å². The lowest BCUT2D eigenvalue weighted by molar-refractivity contribution is -0.136. The summed E-state index contributed by atoms with van der Waals surface area (Å²) >= 11 is 0. The lowest BCUT2D eigenvalue weighted by atomic mass is 10.0. The number of nitrogens with zero attached hydrogens (tertiary/aromatic N) is 2. The topological polar surface area (TPSA) is 55.1 Å². The number of rotatable bonds is 5. The Morgan fingerprint density at radius 1 is 1.38 bits per heavy atom. The third-order valence-electron chi connectivity index (χ3n) is 3.50. The average Bonchev–Trinajstić information content (AvgIpc) is 2.67. The summed E-state index contributed by atoms with van der Waals surface area (Å²) in [7, 11) is 0. The second kappa shape index (κ2) is 6.08. The highest BCUT2D eigenvalue weighted by Crippen LogP contribution is 2.28. The molecule has 0 saturated heterocycles. The summed E-state index contributed by atoms with van der Waals surface area (Å²) in [4.78, 5) is 10.7. The van der Waals surface area contributed by atoms with E-state index in [9.17, 15) is 9.18 Å². The molecule has 2 rings (SSSR count). The SMILES string of the molecule is CCCn1nc(C)c(-c2ccc(CC(=O)O)c(F)c2)c1C. The Morgan fingerprint density at radius 3 is 2.67 bits per heavy atom. The first kappa shape index (κ1) is 15.2. The van der Waals surface area contributed by atoms with Gasteiger partial charge in [-0.15, -0.1) is 0 Å². The molecule has 0 amide bonds. The second-order valence-electron chi connectivity index (χ2n) is 5.15. The first-order chi connectivity index (χ1) is 9.93. The molecule has 0 unspecified atom stereocenters. The number of carboxylic acid groups (broad SMARTS) is 1. The molecule has 5 heteroatoms. The van der Waals surface area contributed by atoms with Crippen LogP contribution in [-0.2, 0) is 17.8 Å². The highest BCUT2D eigenvalue weighted by molar-refractivity contribution is 5.72. The van der Waals surface area contributed by atoms with Crippen LogP contribution in [-0.4, -0.2) is 20.9 Å². The van der Waals surface area contributed by atoms with Crippen LogP contribution in [0.5, 0.6) is 0 Å². The molecule has 1 N–H and O–H groups in total. The number of hydrogen-bond donors (Lipinski definition) is 1. The van der Waals surface area contributed by atoms with Crippen LogP contribution in [0, 0.1) is 19.7 Å². The number of carbonyl (C=O) groups is 1. The van der Waals surface area contributed by atoms with Gasteiger partial charge in [-0.2, -0.15) is 5.10 Å². The fourth-order valence-corrected chi connectivity index (χ4v) is 2.55. The quantitative estimate of drug-likeness (QED) is 0.918. The summed E-state index contributed by atoms with van der Waals surface area (Å²) in [6, 6.07) is 4.69. The number of benzene rings is 1. The highest BCUT2D eigenvalue weighted by atomic mass is 19.1. The fourth-order valence-electron chi connectivity index (χ4n) is 2.55. The molecule has 0 atom stereocenters. The Hall–Kier alpha value is -2.17. The van der Waals surface area contributed by atoms with Gasteiger partial charge in [-0.3, -0.25) is 9.48 Å². The van der Waals surface area contributed by atoms with E-state index >= 15 is 0 Å². The molecular weight excluding hydrogens is 271 g/mol. The summed E-state index contributed by atoms with van der Waals surface area (Å²) in [6.45, 7) is 6.77. The molecule has 0 spiro atoms. The Kier molecular flexibility index (Phi) is 4.40. The van der Waals surface area contributed by atoms with Gasteiger partial charge in [0.25, 0.3) is 0 Å². The van der Waals surface area contributed by atoms with Crippen LogP contribution in [0.4, 0.5) is 4.39 Å². The summed E-state index contributed by atoms with van der Waals surface area (Å²) in [5.41, 5.74) is 3.71. The maximum Gasteiger partial charge on any atom is 0.307 e. The van der Waals surface area contributed by atoms with E-state index in [0.29, 0.717) is 0 Å². The molecule has 2 aromatic rings. The van der Waals surface area contributed by atoms with Crippen molar-refractivity contribution in [2.24, 2.45) is 0 Å². The van der Waals surface area contributed by atoms with Crippen LogP contribution < -0.4 is 0 Å². The van der Waals surface area contributed by atoms with Crippen LogP contribution >= 0.6 is 0 Å². The van der Waals surface area contributed by atoms with Crippen LogP contribution in [0.25, 0.3) is 11.1 Å². The molecule has 1 heterocycles.